The summed E-state index contributed by atoms with van der Waals surface area (Å²) in [5.74, 6) is 1.80. The van der Waals surface area contributed by atoms with Crippen LogP contribution in [0.4, 0.5) is 0 Å². The van der Waals surface area contributed by atoms with E-state index in [0.717, 1.165) is 11.8 Å². The van der Waals surface area contributed by atoms with E-state index in [-0.39, 0.29) is 0 Å². The zero-order valence-corrected chi connectivity index (χ0v) is 14.6. The summed E-state index contributed by atoms with van der Waals surface area (Å²) in [6.45, 7) is 11.1. The Balaban J connectivity index is 1.67. The van der Waals surface area contributed by atoms with Gasteiger partial charge in [-0.1, -0.05) is 33.1 Å². The van der Waals surface area contributed by atoms with E-state index < -0.39 is 0 Å². The number of piperazine rings is 1. The summed E-state index contributed by atoms with van der Waals surface area (Å²) < 4.78 is 0. The van der Waals surface area contributed by atoms with Crippen molar-refractivity contribution in [1.29, 1.82) is 0 Å². The molecule has 0 aromatic rings. The van der Waals surface area contributed by atoms with E-state index in [2.05, 4.69) is 31.0 Å². The average Bonchev–Trinajstić information content (AvgIpc) is 3.29. The van der Waals surface area contributed by atoms with Crippen molar-refractivity contribution in [2.24, 2.45) is 11.8 Å². The standard InChI is InChI=1S/C19H36N2/c1-16(2)8-7-13-21-15-18(3,17-9-10-17)20-14-19(21)11-5-4-6-12-19/h16-17,20H,4-15H2,1-3H3. The number of nitrogens with one attached hydrogen (secondary N) is 1. The first-order valence-corrected chi connectivity index (χ1v) is 9.54. The molecule has 122 valence electrons. The van der Waals surface area contributed by atoms with Crippen molar-refractivity contribution >= 4 is 0 Å². The second-order valence-corrected chi connectivity index (χ2v) is 8.79. The zero-order chi connectivity index (χ0) is 14.9. The van der Waals surface area contributed by atoms with Crippen LogP contribution in [-0.2, 0) is 0 Å². The van der Waals surface area contributed by atoms with E-state index in [0.29, 0.717) is 11.1 Å². The molecule has 1 aliphatic heterocycles. The van der Waals surface area contributed by atoms with E-state index in [1.807, 2.05) is 0 Å². The third-order valence-electron chi connectivity index (χ3n) is 6.48. The van der Waals surface area contributed by atoms with Crippen LogP contribution in [0.15, 0.2) is 0 Å². The highest BCUT2D eigenvalue weighted by Crippen LogP contribution is 2.45. The van der Waals surface area contributed by atoms with E-state index >= 15 is 0 Å². The van der Waals surface area contributed by atoms with Crippen LogP contribution in [0.3, 0.4) is 0 Å². The third kappa shape index (κ3) is 3.47. The van der Waals surface area contributed by atoms with Gasteiger partial charge < -0.3 is 5.32 Å². The summed E-state index contributed by atoms with van der Waals surface area (Å²) in [6, 6.07) is 0. The topological polar surface area (TPSA) is 15.3 Å². The van der Waals surface area contributed by atoms with Gasteiger partial charge in [-0.05, 0) is 63.8 Å². The second-order valence-electron chi connectivity index (χ2n) is 8.79. The van der Waals surface area contributed by atoms with Gasteiger partial charge in [0.1, 0.15) is 0 Å². The van der Waals surface area contributed by atoms with Gasteiger partial charge in [0.2, 0.25) is 0 Å². The van der Waals surface area contributed by atoms with Gasteiger partial charge in [-0.25, -0.2) is 0 Å². The smallest absolute Gasteiger partial charge is 0.0334 e. The van der Waals surface area contributed by atoms with Gasteiger partial charge in [0.05, 0.1) is 0 Å². The quantitative estimate of drug-likeness (QED) is 0.817. The van der Waals surface area contributed by atoms with Crippen molar-refractivity contribution in [3.05, 3.63) is 0 Å². The van der Waals surface area contributed by atoms with Crippen molar-refractivity contribution in [3.8, 4) is 0 Å². The van der Waals surface area contributed by atoms with E-state index in [9.17, 15) is 0 Å². The van der Waals surface area contributed by atoms with Crippen LogP contribution >= 0.6 is 0 Å². The summed E-state index contributed by atoms with van der Waals surface area (Å²) in [7, 11) is 0. The highest BCUT2D eigenvalue weighted by Gasteiger charge is 2.50. The molecule has 0 amide bonds. The highest BCUT2D eigenvalue weighted by atomic mass is 15.3. The Labute approximate surface area is 132 Å². The van der Waals surface area contributed by atoms with Gasteiger partial charge in [-0.3, -0.25) is 4.90 Å². The highest BCUT2D eigenvalue weighted by molar-refractivity contribution is 5.09. The molecular formula is C19H36N2. The molecule has 3 fully saturated rings. The zero-order valence-electron chi connectivity index (χ0n) is 14.6. The summed E-state index contributed by atoms with van der Waals surface area (Å²) in [6.07, 6.45) is 12.9. The van der Waals surface area contributed by atoms with Crippen LogP contribution in [0.5, 0.6) is 0 Å². The van der Waals surface area contributed by atoms with Crippen LogP contribution in [-0.4, -0.2) is 35.6 Å². The maximum atomic E-state index is 4.01. The molecule has 1 N–H and O–H groups in total. The number of nitrogens with zero attached hydrogens (tertiary/aromatic N) is 1. The molecule has 3 rings (SSSR count). The molecule has 1 atom stereocenters. The lowest BCUT2D eigenvalue weighted by Crippen LogP contribution is -2.70. The monoisotopic (exact) mass is 292 g/mol. The first kappa shape index (κ1) is 15.8. The molecule has 0 aromatic carbocycles. The van der Waals surface area contributed by atoms with Crippen molar-refractivity contribution in [2.45, 2.75) is 89.6 Å². The minimum atomic E-state index is 0.403. The Hall–Kier alpha value is -0.0800. The largest absolute Gasteiger partial charge is 0.308 e. The van der Waals surface area contributed by atoms with Crippen LogP contribution in [0.25, 0.3) is 0 Å². The first-order chi connectivity index (χ1) is 10.0. The third-order valence-corrected chi connectivity index (χ3v) is 6.48. The number of hydrogen-bond donors (Lipinski definition) is 1. The second kappa shape index (κ2) is 6.20. The molecule has 1 saturated heterocycles. The van der Waals surface area contributed by atoms with Crippen molar-refractivity contribution in [2.75, 3.05) is 19.6 Å². The lowest BCUT2D eigenvalue weighted by Gasteiger charge is -2.56. The predicted octanol–water partition coefficient (Wildman–Crippen LogP) is 4.20. The average molecular weight is 293 g/mol. The molecule has 1 spiro atoms. The lowest BCUT2D eigenvalue weighted by molar-refractivity contribution is -0.0218. The summed E-state index contributed by atoms with van der Waals surface area (Å²) in [5.41, 5.74) is 0.907. The minimum Gasteiger partial charge on any atom is -0.308 e. The van der Waals surface area contributed by atoms with Gasteiger partial charge in [0.15, 0.2) is 0 Å². The molecule has 0 bridgehead atoms. The Kier molecular flexibility index (Phi) is 4.66. The Morgan fingerprint density at radius 2 is 1.86 bits per heavy atom. The molecule has 0 radical (unpaired) electrons. The van der Waals surface area contributed by atoms with E-state index in [4.69, 9.17) is 0 Å². The number of hydrogen-bond acceptors (Lipinski definition) is 2. The maximum absolute atomic E-state index is 4.01. The van der Waals surface area contributed by atoms with Gasteiger partial charge in [-0.15, -0.1) is 0 Å². The minimum absolute atomic E-state index is 0.403. The summed E-state index contributed by atoms with van der Waals surface area (Å²) in [5, 5.41) is 4.01. The molecule has 2 saturated carbocycles. The fraction of sp³-hybridized carbons (Fsp3) is 1.00. The maximum Gasteiger partial charge on any atom is 0.0334 e. The fourth-order valence-electron chi connectivity index (χ4n) is 4.80. The van der Waals surface area contributed by atoms with Crippen LogP contribution in [0, 0.1) is 11.8 Å². The molecule has 2 nitrogen and oxygen atoms in total. The number of rotatable bonds is 5. The molecule has 21 heavy (non-hydrogen) atoms. The van der Waals surface area contributed by atoms with Gasteiger partial charge in [0, 0.05) is 24.2 Å². The molecule has 1 unspecified atom stereocenters. The van der Waals surface area contributed by atoms with Crippen LogP contribution in [0.2, 0.25) is 0 Å². The summed E-state index contributed by atoms with van der Waals surface area (Å²) in [4.78, 5) is 2.93. The van der Waals surface area contributed by atoms with E-state index in [1.54, 1.807) is 0 Å². The normalized spacial score (nSPS) is 33.7. The molecule has 1 heterocycles. The van der Waals surface area contributed by atoms with Gasteiger partial charge in [-0.2, -0.15) is 0 Å². The van der Waals surface area contributed by atoms with Gasteiger partial charge >= 0.3 is 0 Å². The molecule has 2 heteroatoms. The lowest BCUT2D eigenvalue weighted by atomic mass is 9.75. The van der Waals surface area contributed by atoms with Crippen LogP contribution < -0.4 is 5.32 Å². The van der Waals surface area contributed by atoms with Crippen molar-refractivity contribution < 1.29 is 0 Å². The fourth-order valence-corrected chi connectivity index (χ4v) is 4.80. The Morgan fingerprint density at radius 3 is 2.48 bits per heavy atom. The van der Waals surface area contributed by atoms with Crippen LogP contribution in [0.1, 0.15) is 78.6 Å². The molecule has 2 aliphatic carbocycles. The Bertz CT molecular complexity index is 341. The molecule has 3 aliphatic rings. The van der Waals surface area contributed by atoms with Crippen molar-refractivity contribution in [3.63, 3.8) is 0 Å². The van der Waals surface area contributed by atoms with Crippen molar-refractivity contribution in [1.82, 2.24) is 10.2 Å². The molecule has 0 aromatic heterocycles. The van der Waals surface area contributed by atoms with Gasteiger partial charge in [0.25, 0.3) is 0 Å². The summed E-state index contributed by atoms with van der Waals surface area (Å²) >= 11 is 0. The SMILES string of the molecule is CC(C)CCCN1CC(C)(C2CC2)NCC12CCCCC2. The Morgan fingerprint density at radius 1 is 1.14 bits per heavy atom. The predicted molar refractivity (Wildman–Crippen MR) is 90.6 cm³/mol. The van der Waals surface area contributed by atoms with E-state index in [1.165, 1.54) is 77.4 Å². The molecular weight excluding hydrogens is 256 g/mol. The first-order valence-electron chi connectivity index (χ1n) is 9.54.